The summed E-state index contributed by atoms with van der Waals surface area (Å²) in [7, 11) is 0. The van der Waals surface area contributed by atoms with Crippen LogP contribution >= 0.6 is 11.6 Å². The molecule has 8 heteroatoms. The lowest BCUT2D eigenvalue weighted by Gasteiger charge is -2.24. The van der Waals surface area contributed by atoms with Gasteiger partial charge in [0.1, 0.15) is 0 Å². The van der Waals surface area contributed by atoms with E-state index in [1.54, 1.807) is 45.0 Å². The van der Waals surface area contributed by atoms with Crippen molar-refractivity contribution in [2.45, 2.75) is 26.8 Å². The molecular formula is C15H18ClN5O2. The number of carbonyl (C=O) groups is 2. The van der Waals surface area contributed by atoms with Crippen molar-refractivity contribution in [1.82, 2.24) is 19.9 Å². The molecule has 0 saturated carbocycles. The monoisotopic (exact) mass is 335 g/mol. The van der Waals surface area contributed by atoms with Crippen LogP contribution in [0.15, 0.2) is 24.3 Å². The average molecular weight is 336 g/mol. The van der Waals surface area contributed by atoms with Crippen molar-refractivity contribution in [3.8, 4) is 5.69 Å². The molecule has 2 N–H and O–H groups in total. The second kappa shape index (κ2) is 6.78. The maximum Gasteiger partial charge on any atom is 0.277 e. The lowest BCUT2D eigenvalue weighted by atomic mass is 10.2. The largest absolute Gasteiger partial charge is 0.368 e. The number of primary amides is 1. The van der Waals surface area contributed by atoms with Crippen LogP contribution < -0.4 is 5.73 Å². The van der Waals surface area contributed by atoms with E-state index in [9.17, 15) is 9.59 Å². The van der Waals surface area contributed by atoms with Gasteiger partial charge in [-0.1, -0.05) is 17.7 Å². The van der Waals surface area contributed by atoms with Gasteiger partial charge in [0.15, 0.2) is 5.69 Å². The fourth-order valence-corrected chi connectivity index (χ4v) is 2.27. The Labute approximate surface area is 139 Å². The van der Waals surface area contributed by atoms with E-state index in [4.69, 9.17) is 17.3 Å². The first kappa shape index (κ1) is 17.0. The van der Waals surface area contributed by atoms with E-state index in [-0.39, 0.29) is 24.2 Å². The van der Waals surface area contributed by atoms with Gasteiger partial charge in [-0.05, 0) is 39.0 Å². The number of benzene rings is 1. The highest BCUT2D eigenvalue weighted by Crippen LogP contribution is 2.15. The summed E-state index contributed by atoms with van der Waals surface area (Å²) >= 11 is 5.96. The zero-order chi connectivity index (χ0) is 17.1. The van der Waals surface area contributed by atoms with Crippen molar-refractivity contribution in [2.24, 2.45) is 5.73 Å². The van der Waals surface area contributed by atoms with Crippen LogP contribution in [0.5, 0.6) is 0 Å². The Morgan fingerprint density at radius 3 is 2.61 bits per heavy atom. The maximum atomic E-state index is 12.6. The summed E-state index contributed by atoms with van der Waals surface area (Å²) in [6.45, 7) is 5.12. The van der Waals surface area contributed by atoms with E-state index in [1.807, 2.05) is 0 Å². The number of carbonyl (C=O) groups excluding carboxylic acids is 2. The summed E-state index contributed by atoms with van der Waals surface area (Å²) in [5.41, 5.74) is 6.50. The van der Waals surface area contributed by atoms with Crippen molar-refractivity contribution in [2.75, 3.05) is 6.54 Å². The van der Waals surface area contributed by atoms with E-state index < -0.39 is 5.91 Å². The molecule has 0 radical (unpaired) electrons. The summed E-state index contributed by atoms with van der Waals surface area (Å²) < 4.78 is 0. The Balaban J connectivity index is 2.36. The van der Waals surface area contributed by atoms with Gasteiger partial charge in [0.05, 0.1) is 17.9 Å². The van der Waals surface area contributed by atoms with E-state index in [0.29, 0.717) is 16.4 Å². The molecule has 23 heavy (non-hydrogen) atoms. The minimum absolute atomic E-state index is 0.167. The summed E-state index contributed by atoms with van der Waals surface area (Å²) in [4.78, 5) is 26.5. The zero-order valence-electron chi connectivity index (χ0n) is 13.2. The molecule has 1 aromatic heterocycles. The fourth-order valence-electron chi connectivity index (χ4n) is 2.09. The van der Waals surface area contributed by atoms with Gasteiger partial charge >= 0.3 is 0 Å². The summed E-state index contributed by atoms with van der Waals surface area (Å²) in [6.07, 6.45) is 0. The topological polar surface area (TPSA) is 94.1 Å². The molecule has 7 nitrogen and oxygen atoms in total. The Morgan fingerprint density at radius 2 is 2.04 bits per heavy atom. The Hall–Kier alpha value is -2.41. The van der Waals surface area contributed by atoms with Crippen molar-refractivity contribution < 1.29 is 9.59 Å². The van der Waals surface area contributed by atoms with Gasteiger partial charge in [0.25, 0.3) is 5.91 Å². The molecule has 0 unspecified atom stereocenters. The third-order valence-corrected chi connectivity index (χ3v) is 3.47. The molecule has 122 valence electrons. The Bertz CT molecular complexity index is 741. The van der Waals surface area contributed by atoms with Gasteiger partial charge in [-0.15, -0.1) is 5.10 Å². The van der Waals surface area contributed by atoms with Crippen LogP contribution in [-0.2, 0) is 4.79 Å². The van der Waals surface area contributed by atoms with E-state index >= 15 is 0 Å². The number of hydrogen-bond acceptors (Lipinski definition) is 4. The summed E-state index contributed by atoms with van der Waals surface area (Å²) in [6, 6.07) is 6.79. The normalized spacial score (nSPS) is 10.8. The van der Waals surface area contributed by atoms with Gasteiger partial charge < -0.3 is 10.6 Å². The quantitative estimate of drug-likeness (QED) is 0.897. The lowest BCUT2D eigenvalue weighted by Crippen LogP contribution is -2.43. The molecule has 0 aliphatic carbocycles. The van der Waals surface area contributed by atoms with Gasteiger partial charge in [-0.25, -0.2) is 0 Å². The minimum atomic E-state index is -0.577. The van der Waals surface area contributed by atoms with Crippen molar-refractivity contribution in [3.05, 3.63) is 40.7 Å². The second-order valence-electron chi connectivity index (χ2n) is 5.40. The van der Waals surface area contributed by atoms with Gasteiger partial charge in [-0.3, -0.25) is 9.59 Å². The fraction of sp³-hybridized carbons (Fsp3) is 0.333. The van der Waals surface area contributed by atoms with Crippen LogP contribution in [-0.4, -0.2) is 44.3 Å². The molecule has 0 aliphatic heterocycles. The molecule has 2 amide bonds. The number of amides is 2. The van der Waals surface area contributed by atoms with Gasteiger partial charge in [-0.2, -0.15) is 9.90 Å². The number of aromatic nitrogens is 3. The molecule has 0 bridgehead atoms. The molecule has 0 spiro atoms. The van der Waals surface area contributed by atoms with E-state index in [1.165, 1.54) is 9.70 Å². The van der Waals surface area contributed by atoms with Gasteiger partial charge in [0, 0.05) is 11.1 Å². The van der Waals surface area contributed by atoms with Crippen molar-refractivity contribution >= 4 is 23.4 Å². The lowest BCUT2D eigenvalue weighted by molar-refractivity contribution is -0.119. The zero-order valence-corrected chi connectivity index (χ0v) is 13.9. The summed E-state index contributed by atoms with van der Waals surface area (Å²) in [5.74, 6) is -0.962. The SMILES string of the molecule is Cc1nn(-c2cccc(Cl)c2)nc1C(=O)N(CC(N)=O)C(C)C. The number of nitrogens with zero attached hydrogens (tertiary/aromatic N) is 4. The maximum absolute atomic E-state index is 12.6. The Morgan fingerprint density at radius 1 is 1.35 bits per heavy atom. The smallest absolute Gasteiger partial charge is 0.277 e. The predicted octanol–water partition coefficient (Wildman–Crippen LogP) is 1.57. The minimum Gasteiger partial charge on any atom is -0.368 e. The molecule has 0 atom stereocenters. The first-order valence-corrected chi connectivity index (χ1v) is 7.46. The molecule has 1 heterocycles. The number of hydrogen-bond donors (Lipinski definition) is 1. The highest BCUT2D eigenvalue weighted by Gasteiger charge is 2.25. The molecular weight excluding hydrogens is 318 g/mol. The standard InChI is InChI=1S/C15H18ClN5O2/c1-9(2)20(8-13(17)22)15(23)14-10(3)18-21(19-14)12-6-4-5-11(16)7-12/h4-7,9H,8H2,1-3H3,(H2,17,22). The summed E-state index contributed by atoms with van der Waals surface area (Å²) in [5, 5.41) is 9.03. The predicted molar refractivity (Wildman–Crippen MR) is 86.5 cm³/mol. The second-order valence-corrected chi connectivity index (χ2v) is 5.83. The number of halogens is 1. The molecule has 1 aromatic carbocycles. The van der Waals surface area contributed by atoms with Crippen LogP contribution in [0.4, 0.5) is 0 Å². The number of nitrogens with two attached hydrogens (primary N) is 1. The van der Waals surface area contributed by atoms with Crippen molar-refractivity contribution in [1.29, 1.82) is 0 Å². The van der Waals surface area contributed by atoms with Crippen LogP contribution in [0.2, 0.25) is 5.02 Å². The molecule has 0 fully saturated rings. The highest BCUT2D eigenvalue weighted by atomic mass is 35.5. The Kier molecular flexibility index (Phi) is 5.00. The van der Waals surface area contributed by atoms with Crippen LogP contribution in [0.3, 0.4) is 0 Å². The van der Waals surface area contributed by atoms with Gasteiger partial charge in [0.2, 0.25) is 5.91 Å². The number of rotatable bonds is 5. The third kappa shape index (κ3) is 3.87. The first-order valence-electron chi connectivity index (χ1n) is 7.08. The van der Waals surface area contributed by atoms with Crippen molar-refractivity contribution in [3.63, 3.8) is 0 Å². The van der Waals surface area contributed by atoms with E-state index in [2.05, 4.69) is 10.2 Å². The average Bonchev–Trinajstić information content (AvgIpc) is 2.85. The highest BCUT2D eigenvalue weighted by molar-refractivity contribution is 6.30. The first-order chi connectivity index (χ1) is 10.8. The molecule has 2 aromatic rings. The van der Waals surface area contributed by atoms with Crippen LogP contribution in [0, 0.1) is 6.92 Å². The molecule has 2 rings (SSSR count). The van der Waals surface area contributed by atoms with E-state index in [0.717, 1.165) is 0 Å². The molecule has 0 aliphatic rings. The van der Waals surface area contributed by atoms with Crippen LogP contribution in [0.1, 0.15) is 30.0 Å². The third-order valence-electron chi connectivity index (χ3n) is 3.23. The number of aryl methyl sites for hydroxylation is 1. The molecule has 0 saturated heterocycles. The van der Waals surface area contributed by atoms with Crippen LogP contribution in [0.25, 0.3) is 5.69 Å².